The molecule has 1 aliphatic carbocycles. The van der Waals surface area contributed by atoms with Gasteiger partial charge in [0.1, 0.15) is 11.8 Å². The van der Waals surface area contributed by atoms with Gasteiger partial charge >= 0.3 is 5.97 Å². The Bertz CT molecular complexity index is 736. The van der Waals surface area contributed by atoms with Gasteiger partial charge in [0, 0.05) is 30.5 Å². The Balaban J connectivity index is 0.000000343. The molecule has 4 unspecified atom stereocenters. The molecule has 4 atom stereocenters. The number of carboxylic acid groups (broad SMARTS) is 1. The second-order valence-corrected chi connectivity index (χ2v) is 8.32. The molecule has 1 amide bonds. The van der Waals surface area contributed by atoms with Gasteiger partial charge in [-0.15, -0.1) is 0 Å². The predicted molar refractivity (Wildman–Crippen MR) is 129 cm³/mol. The Kier molecular flexibility index (Phi) is 13.0. The van der Waals surface area contributed by atoms with Crippen molar-refractivity contribution in [1.29, 1.82) is 0 Å². The first-order valence-electron chi connectivity index (χ1n) is 11.8. The molecular weight excluding hydrogens is 404 g/mol. The first-order valence-corrected chi connectivity index (χ1v) is 11.8. The van der Waals surface area contributed by atoms with Gasteiger partial charge in [0.2, 0.25) is 6.41 Å². The van der Waals surface area contributed by atoms with E-state index in [0.717, 1.165) is 49.8 Å². The normalized spacial score (nSPS) is 24.9. The molecule has 1 fully saturated rings. The fourth-order valence-corrected chi connectivity index (χ4v) is 4.14. The number of hydrogen-bond acceptors (Lipinski definition) is 4. The molecule has 2 aliphatic rings. The lowest BCUT2D eigenvalue weighted by Gasteiger charge is -2.13. The third-order valence-corrected chi connectivity index (χ3v) is 6.02. The fraction of sp³-hybridized carbons (Fsp3) is 0.577. The first kappa shape index (κ1) is 27.4. The van der Waals surface area contributed by atoms with Gasteiger partial charge in [0.25, 0.3) is 0 Å². The van der Waals surface area contributed by atoms with Crippen LogP contribution < -0.4 is 10.6 Å². The van der Waals surface area contributed by atoms with Crippen LogP contribution in [0.15, 0.2) is 47.7 Å². The Morgan fingerprint density at radius 1 is 1.31 bits per heavy atom. The summed E-state index contributed by atoms with van der Waals surface area (Å²) in [5.41, 5.74) is 1.98. The Morgan fingerprint density at radius 3 is 2.66 bits per heavy atom. The van der Waals surface area contributed by atoms with Crippen molar-refractivity contribution in [1.82, 2.24) is 10.6 Å². The third-order valence-electron chi connectivity index (χ3n) is 6.02. The molecule has 1 aliphatic heterocycles. The van der Waals surface area contributed by atoms with Gasteiger partial charge in [0.05, 0.1) is 0 Å². The van der Waals surface area contributed by atoms with E-state index in [1.165, 1.54) is 0 Å². The standard InChI is InChI=1S/C14H20N2O3.C12H20O/c1-3-4-5-6-11-7-12(16-10(11)2)8-13(14(18)19)15-9-17;1-3-5-6-7-11-10(4-2)8-9-12(11)13/h3-4,6-7,9-10,13,16H,5,8H2,1-2H3,(H,15,17)(H,18,19);5-6,10-11H,3-4,7-9H2,1-2H3/b4-3-,11-6-;6-5+. The second kappa shape index (κ2) is 15.2. The Labute approximate surface area is 192 Å². The van der Waals surface area contributed by atoms with Gasteiger partial charge in [-0.2, -0.15) is 0 Å². The summed E-state index contributed by atoms with van der Waals surface area (Å²) in [6.07, 6.45) is 19.2. The molecule has 178 valence electrons. The summed E-state index contributed by atoms with van der Waals surface area (Å²) < 4.78 is 0. The number of aliphatic carboxylic acids is 1. The number of rotatable bonds is 11. The summed E-state index contributed by atoms with van der Waals surface area (Å²) in [4.78, 5) is 32.8. The largest absolute Gasteiger partial charge is 0.480 e. The average molecular weight is 445 g/mol. The Hall–Kier alpha value is -2.63. The SMILES string of the molecule is C/C=C\C/C=C1/C=C(CC(NC=O)C(=O)O)NC1C.CC/C=C/CC1C(=O)CCC1CC. The first-order chi connectivity index (χ1) is 15.4. The number of Topliss-reactive ketones (excluding diaryl/α,β-unsaturated/α-hetero) is 1. The molecule has 0 aromatic carbocycles. The fourth-order valence-electron chi connectivity index (χ4n) is 4.14. The minimum atomic E-state index is -1.03. The van der Waals surface area contributed by atoms with Crippen LogP contribution in [0.2, 0.25) is 0 Å². The number of hydrogen-bond donors (Lipinski definition) is 3. The minimum absolute atomic E-state index is 0.172. The van der Waals surface area contributed by atoms with Gasteiger partial charge in [-0.25, -0.2) is 4.79 Å². The number of amides is 1. The van der Waals surface area contributed by atoms with Crippen molar-refractivity contribution < 1.29 is 19.5 Å². The number of carboxylic acids is 1. The van der Waals surface area contributed by atoms with Crippen LogP contribution in [0.5, 0.6) is 0 Å². The van der Waals surface area contributed by atoms with Crippen molar-refractivity contribution in [3.8, 4) is 0 Å². The summed E-state index contributed by atoms with van der Waals surface area (Å²) in [6.45, 7) is 8.32. The maximum atomic E-state index is 11.5. The number of allylic oxidation sites excluding steroid dienone is 5. The summed E-state index contributed by atoms with van der Waals surface area (Å²) in [6, 6.07) is -0.718. The molecule has 1 heterocycles. The lowest BCUT2D eigenvalue weighted by Crippen LogP contribution is -2.37. The van der Waals surface area contributed by atoms with E-state index >= 15 is 0 Å². The molecule has 0 bridgehead atoms. The maximum absolute atomic E-state index is 11.5. The summed E-state index contributed by atoms with van der Waals surface area (Å²) in [5, 5.41) is 14.5. The molecule has 1 saturated carbocycles. The van der Waals surface area contributed by atoms with Crippen LogP contribution in [0.4, 0.5) is 0 Å². The van der Waals surface area contributed by atoms with Gasteiger partial charge in [-0.3, -0.25) is 9.59 Å². The predicted octanol–water partition coefficient (Wildman–Crippen LogP) is 4.69. The van der Waals surface area contributed by atoms with Gasteiger partial charge in [-0.05, 0) is 57.1 Å². The van der Waals surface area contributed by atoms with Crippen molar-refractivity contribution in [3.05, 3.63) is 47.7 Å². The quantitative estimate of drug-likeness (QED) is 0.317. The number of carbonyl (C=O) groups excluding carboxylic acids is 2. The molecule has 32 heavy (non-hydrogen) atoms. The van der Waals surface area contributed by atoms with Crippen molar-refractivity contribution in [2.24, 2.45) is 11.8 Å². The van der Waals surface area contributed by atoms with E-state index in [9.17, 15) is 14.4 Å². The van der Waals surface area contributed by atoms with Gasteiger partial charge in [-0.1, -0.05) is 50.6 Å². The molecule has 0 saturated heterocycles. The highest BCUT2D eigenvalue weighted by Gasteiger charge is 2.31. The van der Waals surface area contributed by atoms with Crippen LogP contribution in [0.1, 0.15) is 72.6 Å². The molecule has 3 N–H and O–H groups in total. The molecular formula is C26H40N2O4. The zero-order valence-electron chi connectivity index (χ0n) is 20.0. The van der Waals surface area contributed by atoms with E-state index in [1.54, 1.807) is 0 Å². The smallest absolute Gasteiger partial charge is 0.326 e. The zero-order chi connectivity index (χ0) is 23.9. The average Bonchev–Trinajstić information content (AvgIpc) is 3.30. The lowest BCUT2D eigenvalue weighted by atomic mass is 9.90. The highest BCUT2D eigenvalue weighted by molar-refractivity contribution is 5.83. The summed E-state index contributed by atoms with van der Waals surface area (Å²) >= 11 is 0. The minimum Gasteiger partial charge on any atom is -0.480 e. The molecule has 6 nitrogen and oxygen atoms in total. The van der Waals surface area contributed by atoms with Crippen LogP contribution in [-0.2, 0) is 14.4 Å². The maximum Gasteiger partial charge on any atom is 0.326 e. The summed E-state index contributed by atoms with van der Waals surface area (Å²) in [5.74, 6) is 0.461. The van der Waals surface area contributed by atoms with Crippen molar-refractivity contribution in [3.63, 3.8) is 0 Å². The van der Waals surface area contributed by atoms with E-state index in [-0.39, 0.29) is 12.5 Å². The topological polar surface area (TPSA) is 95.5 Å². The van der Waals surface area contributed by atoms with Crippen LogP contribution in [0.3, 0.4) is 0 Å². The third kappa shape index (κ3) is 9.25. The zero-order valence-corrected chi connectivity index (χ0v) is 20.0. The molecule has 0 aromatic heterocycles. The van der Waals surface area contributed by atoms with Crippen LogP contribution in [-0.4, -0.2) is 35.4 Å². The molecule has 2 rings (SSSR count). The molecule has 0 radical (unpaired) electrons. The summed E-state index contributed by atoms with van der Waals surface area (Å²) in [7, 11) is 0. The van der Waals surface area contributed by atoms with E-state index in [1.807, 2.05) is 26.0 Å². The van der Waals surface area contributed by atoms with Crippen LogP contribution >= 0.6 is 0 Å². The highest BCUT2D eigenvalue weighted by atomic mass is 16.4. The molecule has 0 aromatic rings. The highest BCUT2D eigenvalue weighted by Crippen LogP contribution is 2.33. The number of nitrogens with one attached hydrogen (secondary N) is 2. The van der Waals surface area contributed by atoms with Crippen molar-refractivity contribution in [2.45, 2.75) is 84.7 Å². The van der Waals surface area contributed by atoms with Crippen LogP contribution in [0, 0.1) is 11.8 Å². The lowest BCUT2D eigenvalue weighted by molar-refractivity contribution is -0.140. The molecule has 0 spiro atoms. The van der Waals surface area contributed by atoms with Crippen molar-refractivity contribution >= 4 is 18.2 Å². The Morgan fingerprint density at radius 2 is 2.06 bits per heavy atom. The van der Waals surface area contributed by atoms with E-state index in [2.05, 4.69) is 48.8 Å². The van der Waals surface area contributed by atoms with E-state index in [4.69, 9.17) is 5.11 Å². The monoisotopic (exact) mass is 444 g/mol. The molecule has 6 heteroatoms. The van der Waals surface area contributed by atoms with Crippen molar-refractivity contribution in [2.75, 3.05) is 0 Å². The number of carbonyl (C=O) groups is 3. The van der Waals surface area contributed by atoms with Gasteiger partial charge in [0.15, 0.2) is 0 Å². The van der Waals surface area contributed by atoms with E-state index in [0.29, 0.717) is 24.0 Å². The van der Waals surface area contributed by atoms with Gasteiger partial charge < -0.3 is 15.7 Å². The van der Waals surface area contributed by atoms with Crippen LogP contribution in [0.25, 0.3) is 0 Å². The second-order valence-electron chi connectivity index (χ2n) is 8.32. The van der Waals surface area contributed by atoms with E-state index < -0.39 is 12.0 Å². The number of ketones is 1.